The highest BCUT2D eigenvalue weighted by atomic mass is 16.5. The number of nitrogens with zero attached hydrogens (tertiary/aromatic N) is 3. The molecule has 1 N–H and O–H groups in total. The lowest BCUT2D eigenvalue weighted by atomic mass is 10.1. The zero-order valence-corrected chi connectivity index (χ0v) is 11.5. The maximum atomic E-state index is 11.4. The molecule has 2 aromatic heterocycles. The number of aromatic amines is 1. The summed E-state index contributed by atoms with van der Waals surface area (Å²) < 4.78 is 7.35. The molecule has 6 nitrogen and oxygen atoms in total. The Morgan fingerprint density at radius 1 is 1.15 bits per heavy atom. The number of H-pyrrole nitrogens is 1. The molecule has 0 saturated carbocycles. The van der Waals surface area contributed by atoms with E-state index < -0.39 is 0 Å². The Balaban J connectivity index is 2.35. The molecule has 3 aromatic rings. The molecule has 0 atom stereocenters. The Bertz CT molecular complexity index is 828. The van der Waals surface area contributed by atoms with Crippen LogP contribution in [0.5, 0.6) is 5.75 Å². The van der Waals surface area contributed by atoms with Crippen LogP contribution in [-0.4, -0.2) is 26.9 Å². The van der Waals surface area contributed by atoms with Gasteiger partial charge in [-0.25, -0.2) is 0 Å². The molecule has 0 aliphatic rings. The molecular weight excluding hydrogens is 256 g/mol. The van der Waals surface area contributed by atoms with Gasteiger partial charge < -0.3 is 9.72 Å². The third-order valence-corrected chi connectivity index (χ3v) is 3.25. The lowest BCUT2D eigenvalue weighted by Gasteiger charge is -2.13. The maximum Gasteiger partial charge on any atom is 0.248 e. The standard InChI is InChI=1S/C14H14N4O2/c1-8-16-17-9(2)18(8)12-6-10-4-5-14(19)15-11(10)7-13(12)20-3/h4-7H,1-3H3,(H,15,19). The Morgan fingerprint density at radius 3 is 2.50 bits per heavy atom. The molecule has 0 spiro atoms. The van der Waals surface area contributed by atoms with Crippen molar-refractivity contribution in [3.63, 3.8) is 0 Å². The molecule has 2 heterocycles. The molecule has 0 radical (unpaired) electrons. The van der Waals surface area contributed by atoms with Crippen molar-refractivity contribution in [2.24, 2.45) is 0 Å². The van der Waals surface area contributed by atoms with Gasteiger partial charge in [-0.15, -0.1) is 10.2 Å². The number of aryl methyl sites for hydroxylation is 2. The largest absolute Gasteiger partial charge is 0.494 e. The summed E-state index contributed by atoms with van der Waals surface area (Å²) in [5.41, 5.74) is 1.46. The summed E-state index contributed by atoms with van der Waals surface area (Å²) in [4.78, 5) is 14.2. The van der Waals surface area contributed by atoms with Gasteiger partial charge >= 0.3 is 0 Å². The van der Waals surface area contributed by atoms with Gasteiger partial charge in [0.1, 0.15) is 17.4 Å². The van der Waals surface area contributed by atoms with Gasteiger partial charge in [-0.1, -0.05) is 0 Å². The van der Waals surface area contributed by atoms with Crippen molar-refractivity contribution < 1.29 is 4.74 Å². The number of ether oxygens (including phenoxy) is 1. The number of methoxy groups -OCH3 is 1. The van der Waals surface area contributed by atoms with E-state index in [-0.39, 0.29) is 5.56 Å². The van der Waals surface area contributed by atoms with Crippen LogP contribution in [0.2, 0.25) is 0 Å². The summed E-state index contributed by atoms with van der Waals surface area (Å²) in [6.07, 6.45) is 0. The summed E-state index contributed by atoms with van der Waals surface area (Å²) >= 11 is 0. The monoisotopic (exact) mass is 270 g/mol. The van der Waals surface area contributed by atoms with Crippen LogP contribution in [0.3, 0.4) is 0 Å². The number of fused-ring (bicyclic) bond motifs is 1. The zero-order valence-electron chi connectivity index (χ0n) is 11.5. The van der Waals surface area contributed by atoms with Gasteiger partial charge in [0.15, 0.2) is 0 Å². The highest BCUT2D eigenvalue weighted by Crippen LogP contribution is 2.28. The molecule has 6 heteroatoms. The van der Waals surface area contributed by atoms with Crippen LogP contribution < -0.4 is 10.3 Å². The summed E-state index contributed by atoms with van der Waals surface area (Å²) in [5.74, 6) is 2.22. The fourth-order valence-corrected chi connectivity index (χ4v) is 2.33. The second-order valence-electron chi connectivity index (χ2n) is 4.56. The number of aromatic nitrogens is 4. The predicted molar refractivity (Wildman–Crippen MR) is 75.5 cm³/mol. The van der Waals surface area contributed by atoms with Crippen LogP contribution >= 0.6 is 0 Å². The van der Waals surface area contributed by atoms with Crippen molar-refractivity contribution in [2.45, 2.75) is 13.8 Å². The molecular formula is C14H14N4O2. The van der Waals surface area contributed by atoms with Crippen LogP contribution in [0.1, 0.15) is 11.6 Å². The van der Waals surface area contributed by atoms with Gasteiger partial charge in [0, 0.05) is 17.5 Å². The molecule has 0 aliphatic carbocycles. The van der Waals surface area contributed by atoms with Crippen molar-refractivity contribution in [1.29, 1.82) is 0 Å². The number of hydrogen-bond donors (Lipinski definition) is 1. The summed E-state index contributed by atoms with van der Waals surface area (Å²) in [7, 11) is 1.60. The van der Waals surface area contributed by atoms with Gasteiger partial charge in [-0.05, 0) is 26.0 Å². The van der Waals surface area contributed by atoms with E-state index in [1.165, 1.54) is 6.07 Å². The number of rotatable bonds is 2. The quantitative estimate of drug-likeness (QED) is 0.769. The minimum atomic E-state index is -0.135. The molecule has 3 rings (SSSR count). The molecule has 0 amide bonds. The molecule has 0 bridgehead atoms. The van der Waals surface area contributed by atoms with Crippen LogP contribution in [-0.2, 0) is 0 Å². The lowest BCUT2D eigenvalue weighted by molar-refractivity contribution is 0.413. The van der Waals surface area contributed by atoms with E-state index in [2.05, 4.69) is 15.2 Å². The molecule has 0 fully saturated rings. The Morgan fingerprint density at radius 2 is 1.85 bits per heavy atom. The minimum absolute atomic E-state index is 0.135. The third-order valence-electron chi connectivity index (χ3n) is 3.25. The summed E-state index contributed by atoms with van der Waals surface area (Å²) in [5, 5.41) is 9.05. The van der Waals surface area contributed by atoms with Crippen LogP contribution in [0.4, 0.5) is 0 Å². The SMILES string of the molecule is COc1cc2[nH]c(=O)ccc2cc1-n1c(C)nnc1C. The van der Waals surface area contributed by atoms with Crippen LogP contribution in [0.25, 0.3) is 16.6 Å². The first kappa shape index (κ1) is 12.4. The van der Waals surface area contributed by atoms with Crippen molar-refractivity contribution in [1.82, 2.24) is 19.7 Å². The minimum Gasteiger partial charge on any atom is -0.494 e. The Kier molecular flexibility index (Phi) is 2.78. The normalized spacial score (nSPS) is 10.9. The van der Waals surface area contributed by atoms with Crippen LogP contribution in [0, 0.1) is 13.8 Å². The van der Waals surface area contributed by atoms with E-state index in [1.807, 2.05) is 30.5 Å². The molecule has 102 valence electrons. The second kappa shape index (κ2) is 4.48. The molecule has 20 heavy (non-hydrogen) atoms. The van der Waals surface area contributed by atoms with E-state index in [0.29, 0.717) is 5.75 Å². The van der Waals surface area contributed by atoms with Gasteiger partial charge in [0.05, 0.1) is 18.3 Å². The number of nitrogens with one attached hydrogen (secondary N) is 1. The molecule has 0 unspecified atom stereocenters. The molecule has 0 saturated heterocycles. The lowest BCUT2D eigenvalue weighted by Crippen LogP contribution is -2.05. The van der Waals surface area contributed by atoms with E-state index >= 15 is 0 Å². The number of benzene rings is 1. The maximum absolute atomic E-state index is 11.4. The predicted octanol–water partition coefficient (Wildman–Crippen LogP) is 1.73. The first-order valence-corrected chi connectivity index (χ1v) is 6.20. The second-order valence-corrected chi connectivity index (χ2v) is 4.56. The highest BCUT2D eigenvalue weighted by molar-refractivity contribution is 5.83. The van der Waals surface area contributed by atoms with Crippen LogP contribution in [0.15, 0.2) is 29.1 Å². The van der Waals surface area contributed by atoms with Crippen molar-refractivity contribution in [2.75, 3.05) is 7.11 Å². The van der Waals surface area contributed by atoms with Crippen molar-refractivity contribution >= 4 is 10.9 Å². The fraction of sp³-hybridized carbons (Fsp3) is 0.214. The summed E-state index contributed by atoms with van der Waals surface area (Å²) in [6, 6.07) is 7.05. The summed E-state index contributed by atoms with van der Waals surface area (Å²) in [6.45, 7) is 3.77. The smallest absolute Gasteiger partial charge is 0.248 e. The van der Waals surface area contributed by atoms with E-state index in [1.54, 1.807) is 13.2 Å². The van der Waals surface area contributed by atoms with Gasteiger partial charge in [-0.2, -0.15) is 0 Å². The van der Waals surface area contributed by atoms with Gasteiger partial charge in [0.25, 0.3) is 0 Å². The Hall–Kier alpha value is -2.63. The number of pyridine rings is 1. The van der Waals surface area contributed by atoms with E-state index in [9.17, 15) is 4.79 Å². The van der Waals surface area contributed by atoms with E-state index in [4.69, 9.17) is 4.74 Å². The zero-order chi connectivity index (χ0) is 14.3. The highest BCUT2D eigenvalue weighted by Gasteiger charge is 2.13. The Labute approximate surface area is 115 Å². The van der Waals surface area contributed by atoms with Crippen molar-refractivity contribution in [3.05, 3.63) is 46.3 Å². The molecule has 0 aliphatic heterocycles. The average molecular weight is 270 g/mol. The fourth-order valence-electron chi connectivity index (χ4n) is 2.33. The number of hydrogen-bond acceptors (Lipinski definition) is 4. The van der Waals surface area contributed by atoms with Crippen molar-refractivity contribution in [3.8, 4) is 11.4 Å². The van der Waals surface area contributed by atoms with E-state index in [0.717, 1.165) is 28.2 Å². The first-order valence-electron chi connectivity index (χ1n) is 6.20. The first-order chi connectivity index (χ1) is 9.60. The third kappa shape index (κ3) is 1.85. The van der Waals surface area contributed by atoms with Gasteiger partial charge in [0.2, 0.25) is 5.56 Å². The van der Waals surface area contributed by atoms with Gasteiger partial charge in [-0.3, -0.25) is 9.36 Å². The topological polar surface area (TPSA) is 72.8 Å². The average Bonchev–Trinajstić information content (AvgIpc) is 2.76. The molecule has 1 aromatic carbocycles.